The van der Waals surface area contributed by atoms with E-state index in [1.807, 2.05) is 0 Å². The van der Waals surface area contributed by atoms with Crippen LogP contribution in [0.25, 0.3) is 0 Å². The van der Waals surface area contributed by atoms with E-state index >= 15 is 0 Å². The van der Waals surface area contributed by atoms with Crippen LogP contribution in [-0.2, 0) is 6.54 Å². The van der Waals surface area contributed by atoms with Crippen molar-refractivity contribution in [3.63, 3.8) is 0 Å². The van der Waals surface area contributed by atoms with Crippen LogP contribution in [0, 0.1) is 0 Å². The molecule has 1 saturated heterocycles. The maximum atomic E-state index is 5.73. The summed E-state index contributed by atoms with van der Waals surface area (Å²) >= 11 is 0. The molecule has 1 fully saturated rings. The van der Waals surface area contributed by atoms with E-state index in [0.717, 1.165) is 24.6 Å². The summed E-state index contributed by atoms with van der Waals surface area (Å²) in [5.41, 5.74) is 6.63. The van der Waals surface area contributed by atoms with Crippen LogP contribution in [0.3, 0.4) is 0 Å². The molecule has 1 aromatic heterocycles. The van der Waals surface area contributed by atoms with Crippen LogP contribution in [-0.4, -0.2) is 48.1 Å². The van der Waals surface area contributed by atoms with Crippen LogP contribution in [0.15, 0.2) is 12.4 Å². The molecule has 1 aromatic rings. The summed E-state index contributed by atoms with van der Waals surface area (Å²) in [5, 5.41) is 0. The molecule has 0 spiro atoms. The minimum absolute atomic E-state index is 0.453. The number of anilines is 1. The fraction of sp³-hybridized carbons (Fsp3) is 0.667. The van der Waals surface area contributed by atoms with Gasteiger partial charge in [-0.05, 0) is 26.9 Å². The summed E-state index contributed by atoms with van der Waals surface area (Å²) in [7, 11) is 4.22. The third kappa shape index (κ3) is 2.73. The molecule has 0 radical (unpaired) electrons. The minimum atomic E-state index is 0.453. The SMILES string of the molecule is CN(C)CC1CCCN1c1nccnc1CN. The van der Waals surface area contributed by atoms with E-state index in [1.165, 1.54) is 12.8 Å². The fourth-order valence-electron chi connectivity index (χ4n) is 2.47. The van der Waals surface area contributed by atoms with Crippen LogP contribution >= 0.6 is 0 Å². The van der Waals surface area contributed by atoms with Crippen LogP contribution in [0.2, 0.25) is 0 Å². The van der Waals surface area contributed by atoms with Crippen molar-refractivity contribution in [1.82, 2.24) is 14.9 Å². The molecule has 0 saturated carbocycles. The third-order valence-corrected chi connectivity index (χ3v) is 3.17. The highest BCUT2D eigenvalue weighted by atomic mass is 15.3. The fourth-order valence-corrected chi connectivity index (χ4v) is 2.47. The molecule has 17 heavy (non-hydrogen) atoms. The Morgan fingerprint density at radius 2 is 2.18 bits per heavy atom. The van der Waals surface area contributed by atoms with Gasteiger partial charge in [0.05, 0.1) is 5.69 Å². The van der Waals surface area contributed by atoms with E-state index in [2.05, 4.69) is 33.9 Å². The molecule has 2 rings (SSSR count). The van der Waals surface area contributed by atoms with Gasteiger partial charge in [0.25, 0.3) is 0 Å². The molecular formula is C12H21N5. The average molecular weight is 235 g/mol. The molecular weight excluding hydrogens is 214 g/mol. The normalized spacial score (nSPS) is 20.2. The van der Waals surface area contributed by atoms with Gasteiger partial charge in [-0.2, -0.15) is 0 Å². The van der Waals surface area contributed by atoms with Gasteiger partial charge in [-0.25, -0.2) is 4.98 Å². The lowest BCUT2D eigenvalue weighted by Gasteiger charge is -2.28. The predicted molar refractivity (Wildman–Crippen MR) is 68.8 cm³/mol. The first-order valence-electron chi connectivity index (χ1n) is 6.13. The van der Waals surface area contributed by atoms with Gasteiger partial charge in [-0.15, -0.1) is 0 Å². The van der Waals surface area contributed by atoms with Gasteiger partial charge in [0, 0.05) is 38.1 Å². The first-order valence-corrected chi connectivity index (χ1v) is 6.13. The Morgan fingerprint density at radius 3 is 2.88 bits per heavy atom. The molecule has 5 nitrogen and oxygen atoms in total. The Kier molecular flexibility index (Phi) is 3.91. The van der Waals surface area contributed by atoms with E-state index in [0.29, 0.717) is 12.6 Å². The summed E-state index contributed by atoms with van der Waals surface area (Å²) in [6.45, 7) is 2.57. The summed E-state index contributed by atoms with van der Waals surface area (Å²) in [6, 6.07) is 0.534. The number of nitrogens with zero attached hydrogens (tertiary/aromatic N) is 4. The number of likely N-dealkylation sites (N-methyl/N-ethyl adjacent to an activating group) is 1. The average Bonchev–Trinajstić information content (AvgIpc) is 2.76. The van der Waals surface area contributed by atoms with Crippen molar-refractivity contribution in [1.29, 1.82) is 0 Å². The van der Waals surface area contributed by atoms with E-state index < -0.39 is 0 Å². The van der Waals surface area contributed by atoms with Gasteiger partial charge in [0.2, 0.25) is 0 Å². The molecule has 1 aliphatic rings. The van der Waals surface area contributed by atoms with Crippen molar-refractivity contribution < 1.29 is 0 Å². The molecule has 2 N–H and O–H groups in total. The number of hydrogen-bond acceptors (Lipinski definition) is 5. The summed E-state index contributed by atoms with van der Waals surface area (Å²) in [6.07, 6.45) is 5.90. The molecule has 1 aliphatic heterocycles. The van der Waals surface area contributed by atoms with E-state index in [9.17, 15) is 0 Å². The van der Waals surface area contributed by atoms with Gasteiger partial charge in [0.1, 0.15) is 0 Å². The molecule has 0 aliphatic carbocycles. The highest BCUT2D eigenvalue weighted by molar-refractivity contribution is 5.45. The quantitative estimate of drug-likeness (QED) is 0.822. The van der Waals surface area contributed by atoms with Crippen molar-refractivity contribution in [2.75, 3.05) is 32.1 Å². The number of hydrogen-bond donors (Lipinski definition) is 1. The molecule has 0 bridgehead atoms. The zero-order chi connectivity index (χ0) is 12.3. The Balaban J connectivity index is 2.19. The number of nitrogens with two attached hydrogens (primary N) is 1. The number of rotatable bonds is 4. The maximum Gasteiger partial charge on any atom is 0.151 e. The van der Waals surface area contributed by atoms with Crippen molar-refractivity contribution in [2.24, 2.45) is 5.73 Å². The lowest BCUT2D eigenvalue weighted by Crippen LogP contribution is -2.38. The predicted octanol–water partition coefficient (Wildman–Crippen LogP) is 0.466. The van der Waals surface area contributed by atoms with Gasteiger partial charge >= 0.3 is 0 Å². The highest BCUT2D eigenvalue weighted by Gasteiger charge is 2.27. The summed E-state index contributed by atoms with van der Waals surface area (Å²) < 4.78 is 0. The smallest absolute Gasteiger partial charge is 0.151 e. The summed E-state index contributed by atoms with van der Waals surface area (Å²) in [5.74, 6) is 0.972. The second-order valence-electron chi connectivity index (χ2n) is 4.78. The first-order chi connectivity index (χ1) is 8.22. The van der Waals surface area contributed by atoms with Crippen LogP contribution < -0.4 is 10.6 Å². The van der Waals surface area contributed by atoms with Crippen molar-refractivity contribution in [3.8, 4) is 0 Å². The Morgan fingerprint density at radius 1 is 1.41 bits per heavy atom. The van der Waals surface area contributed by atoms with Gasteiger partial charge in [-0.3, -0.25) is 4.98 Å². The standard InChI is InChI=1S/C12H21N5/c1-16(2)9-10-4-3-7-17(10)12-11(8-13)14-5-6-15-12/h5-6,10H,3-4,7-9,13H2,1-2H3. The molecule has 0 aromatic carbocycles. The van der Waals surface area contributed by atoms with Crippen molar-refractivity contribution >= 4 is 5.82 Å². The highest BCUT2D eigenvalue weighted by Crippen LogP contribution is 2.25. The Hall–Kier alpha value is -1.20. The van der Waals surface area contributed by atoms with Crippen LogP contribution in [0.1, 0.15) is 18.5 Å². The molecule has 5 heteroatoms. The maximum absolute atomic E-state index is 5.73. The van der Waals surface area contributed by atoms with Crippen molar-refractivity contribution in [2.45, 2.75) is 25.4 Å². The Labute approximate surface area is 103 Å². The van der Waals surface area contributed by atoms with E-state index in [1.54, 1.807) is 12.4 Å². The molecule has 1 unspecified atom stereocenters. The van der Waals surface area contributed by atoms with Crippen LogP contribution in [0.5, 0.6) is 0 Å². The first kappa shape index (κ1) is 12.3. The lowest BCUT2D eigenvalue weighted by atomic mass is 10.2. The lowest BCUT2D eigenvalue weighted by molar-refractivity contribution is 0.371. The molecule has 0 amide bonds. The topological polar surface area (TPSA) is 58.3 Å². The third-order valence-electron chi connectivity index (χ3n) is 3.17. The van der Waals surface area contributed by atoms with E-state index in [4.69, 9.17) is 5.73 Å². The zero-order valence-electron chi connectivity index (χ0n) is 10.6. The molecule has 2 heterocycles. The van der Waals surface area contributed by atoms with Gasteiger partial charge in [0.15, 0.2) is 5.82 Å². The monoisotopic (exact) mass is 235 g/mol. The minimum Gasteiger partial charge on any atom is -0.351 e. The summed E-state index contributed by atoms with van der Waals surface area (Å²) in [4.78, 5) is 13.3. The second-order valence-corrected chi connectivity index (χ2v) is 4.78. The Bertz CT molecular complexity index is 366. The largest absolute Gasteiger partial charge is 0.351 e. The second kappa shape index (κ2) is 5.42. The molecule has 94 valence electrons. The van der Waals surface area contributed by atoms with Gasteiger partial charge in [-0.1, -0.05) is 0 Å². The zero-order valence-corrected chi connectivity index (χ0v) is 10.6. The van der Waals surface area contributed by atoms with Crippen molar-refractivity contribution in [3.05, 3.63) is 18.1 Å². The van der Waals surface area contributed by atoms with Gasteiger partial charge < -0.3 is 15.5 Å². The number of aromatic nitrogens is 2. The molecule has 1 atom stereocenters. The van der Waals surface area contributed by atoms with Crippen LogP contribution in [0.4, 0.5) is 5.82 Å². The van der Waals surface area contributed by atoms with E-state index in [-0.39, 0.29) is 0 Å².